The molecule has 2 N–H and O–H groups in total. The van der Waals surface area contributed by atoms with Crippen LogP contribution in [0.3, 0.4) is 0 Å². The van der Waals surface area contributed by atoms with E-state index in [-0.39, 0.29) is 23.4 Å². The number of amides is 1. The summed E-state index contributed by atoms with van der Waals surface area (Å²) in [6, 6.07) is 1.48. The highest BCUT2D eigenvalue weighted by Crippen LogP contribution is 2.21. The van der Waals surface area contributed by atoms with Gasteiger partial charge in [0.2, 0.25) is 5.88 Å². The molecule has 2 rings (SSSR count). The molecule has 0 radical (unpaired) electrons. The highest BCUT2D eigenvalue weighted by Gasteiger charge is 2.13. The second kappa shape index (κ2) is 7.55. The van der Waals surface area contributed by atoms with Gasteiger partial charge in [0.1, 0.15) is 5.02 Å². The summed E-state index contributed by atoms with van der Waals surface area (Å²) in [6.07, 6.45) is 7.82. The normalized spacial score (nSPS) is 15.3. The molecular weight excluding hydrogens is 318 g/mol. The molecule has 7 nitrogen and oxygen atoms in total. The molecule has 0 saturated heterocycles. The number of nitrogens with zero attached hydrogens (tertiary/aromatic N) is 3. The van der Waals surface area contributed by atoms with E-state index in [1.165, 1.54) is 25.6 Å². The Morgan fingerprint density at radius 3 is 2.96 bits per heavy atom. The van der Waals surface area contributed by atoms with Gasteiger partial charge in [-0.05, 0) is 18.2 Å². The molecule has 1 aliphatic heterocycles. The Morgan fingerprint density at radius 2 is 2.35 bits per heavy atom. The Labute approximate surface area is 138 Å². The predicted molar refractivity (Wildman–Crippen MR) is 89.3 cm³/mol. The molecule has 0 spiro atoms. The third kappa shape index (κ3) is 3.95. The molecule has 1 aromatic rings. The van der Waals surface area contributed by atoms with Crippen molar-refractivity contribution in [3.8, 4) is 5.88 Å². The van der Waals surface area contributed by atoms with Gasteiger partial charge < -0.3 is 15.5 Å². The lowest BCUT2D eigenvalue weighted by Crippen LogP contribution is -2.28. The van der Waals surface area contributed by atoms with Crippen molar-refractivity contribution in [2.24, 2.45) is 5.10 Å². The molecule has 0 aliphatic carbocycles. The number of hydrogen-bond donors (Lipinski definition) is 2. The number of ether oxygens (including phenoxy) is 1. The fourth-order valence-electron chi connectivity index (χ4n) is 1.95. The summed E-state index contributed by atoms with van der Waals surface area (Å²) in [4.78, 5) is 16.1. The van der Waals surface area contributed by atoms with Crippen LogP contribution in [0.15, 0.2) is 40.8 Å². The van der Waals surface area contributed by atoms with Crippen LogP contribution >= 0.6 is 11.6 Å². The molecule has 0 saturated carbocycles. The van der Waals surface area contributed by atoms with Gasteiger partial charge in [0.25, 0.3) is 5.91 Å². The second-order valence-electron chi connectivity index (χ2n) is 4.60. The number of methoxy groups -OCH3 is 1. The number of aromatic nitrogens is 1. The van der Waals surface area contributed by atoms with E-state index in [4.69, 9.17) is 21.7 Å². The van der Waals surface area contributed by atoms with Gasteiger partial charge in [-0.25, -0.2) is 4.98 Å². The maximum Gasteiger partial charge on any atom is 0.253 e. The van der Waals surface area contributed by atoms with Gasteiger partial charge in [0, 0.05) is 37.8 Å². The summed E-state index contributed by atoms with van der Waals surface area (Å²) >= 11 is 5.96. The average molecular weight is 334 g/mol. The molecule has 0 unspecified atom stereocenters. The lowest BCUT2D eigenvalue weighted by molar-refractivity contribution is 0.0957. The summed E-state index contributed by atoms with van der Waals surface area (Å²) in [5.74, 6) is -0.0784. The van der Waals surface area contributed by atoms with Crippen LogP contribution < -0.4 is 10.1 Å². The molecule has 0 aromatic carbocycles. The van der Waals surface area contributed by atoms with Crippen LogP contribution in [0.25, 0.3) is 0 Å². The Balaban J connectivity index is 2.10. The second-order valence-corrected chi connectivity index (χ2v) is 5.01. The fraction of sp³-hybridized carbons (Fsp3) is 0.200. The van der Waals surface area contributed by atoms with Gasteiger partial charge in [-0.1, -0.05) is 11.6 Å². The van der Waals surface area contributed by atoms with Crippen LogP contribution in [-0.4, -0.2) is 49.0 Å². The van der Waals surface area contributed by atoms with Crippen molar-refractivity contribution in [2.45, 2.75) is 0 Å². The first kappa shape index (κ1) is 16.7. The number of allylic oxidation sites excluding steroid dienone is 2. The lowest BCUT2D eigenvalue weighted by Gasteiger charge is -2.19. The summed E-state index contributed by atoms with van der Waals surface area (Å²) in [6.45, 7) is 0.186. The Kier molecular flexibility index (Phi) is 5.48. The molecule has 120 valence electrons. The Hall–Kier alpha value is -2.67. The van der Waals surface area contributed by atoms with Gasteiger partial charge in [0.05, 0.1) is 18.4 Å². The van der Waals surface area contributed by atoms with Crippen LogP contribution in [0, 0.1) is 5.41 Å². The zero-order valence-electron chi connectivity index (χ0n) is 12.7. The zero-order chi connectivity index (χ0) is 16.8. The molecule has 0 fully saturated rings. The first-order valence-electron chi connectivity index (χ1n) is 6.72. The Morgan fingerprint density at radius 1 is 1.57 bits per heavy atom. The van der Waals surface area contributed by atoms with Crippen LogP contribution in [0.5, 0.6) is 5.88 Å². The van der Waals surface area contributed by atoms with E-state index in [9.17, 15) is 4.79 Å². The molecule has 1 amide bonds. The SMILES string of the molecule is COc1ncc(C(=O)NC/C(C=N)=C2\C=CC=NN2C)cc1Cl. The van der Waals surface area contributed by atoms with E-state index in [1.54, 1.807) is 24.3 Å². The van der Waals surface area contributed by atoms with Crippen molar-refractivity contribution in [1.29, 1.82) is 5.41 Å². The van der Waals surface area contributed by atoms with Crippen molar-refractivity contribution in [2.75, 3.05) is 20.7 Å². The van der Waals surface area contributed by atoms with E-state index in [2.05, 4.69) is 15.4 Å². The number of nitrogens with one attached hydrogen (secondary N) is 2. The highest BCUT2D eigenvalue weighted by molar-refractivity contribution is 6.32. The first-order valence-corrected chi connectivity index (χ1v) is 7.10. The average Bonchev–Trinajstić information content (AvgIpc) is 2.56. The number of pyridine rings is 1. The van der Waals surface area contributed by atoms with Crippen molar-refractivity contribution in [3.63, 3.8) is 0 Å². The van der Waals surface area contributed by atoms with Gasteiger partial charge in [-0.2, -0.15) is 5.10 Å². The molecular formula is C15H16ClN5O2. The third-order valence-electron chi connectivity index (χ3n) is 3.13. The molecule has 0 atom stereocenters. The monoisotopic (exact) mass is 333 g/mol. The quantitative estimate of drug-likeness (QED) is 0.805. The van der Waals surface area contributed by atoms with Crippen molar-refractivity contribution in [1.82, 2.24) is 15.3 Å². The zero-order valence-corrected chi connectivity index (χ0v) is 13.5. The number of hydrazone groups is 1. The molecule has 1 aliphatic rings. The first-order chi connectivity index (χ1) is 11.1. The van der Waals surface area contributed by atoms with Crippen LogP contribution in [0.4, 0.5) is 0 Å². The maximum absolute atomic E-state index is 12.2. The summed E-state index contributed by atoms with van der Waals surface area (Å²) in [5.41, 5.74) is 1.69. The number of rotatable bonds is 5. The number of halogens is 1. The number of hydrogen-bond acceptors (Lipinski definition) is 6. The van der Waals surface area contributed by atoms with E-state index in [1.807, 2.05) is 6.08 Å². The lowest BCUT2D eigenvalue weighted by atomic mass is 10.1. The largest absolute Gasteiger partial charge is 0.480 e. The van der Waals surface area contributed by atoms with E-state index in [0.717, 1.165) is 5.70 Å². The maximum atomic E-state index is 12.2. The van der Waals surface area contributed by atoms with Gasteiger partial charge in [0.15, 0.2) is 0 Å². The summed E-state index contributed by atoms with van der Waals surface area (Å²) < 4.78 is 4.95. The minimum Gasteiger partial charge on any atom is -0.480 e. The molecule has 23 heavy (non-hydrogen) atoms. The van der Waals surface area contributed by atoms with Crippen molar-refractivity contribution in [3.05, 3.63) is 46.3 Å². The molecule has 8 heteroatoms. The van der Waals surface area contributed by atoms with E-state index in [0.29, 0.717) is 11.1 Å². The third-order valence-corrected chi connectivity index (χ3v) is 3.41. The van der Waals surface area contributed by atoms with Gasteiger partial charge in [-0.15, -0.1) is 0 Å². The standard InChI is InChI=1S/C15H16ClN5O2/c1-21-13(4-3-5-20-21)11(7-17)9-18-14(22)10-6-12(16)15(23-2)19-8-10/h3-8,17H,9H2,1-2H3,(H,18,22)/b13-11+,17-7?. The number of likely N-dealkylation sites (N-methyl/N-ethyl adjacent to an activating group) is 1. The summed E-state index contributed by atoms with van der Waals surface area (Å²) in [5, 5.41) is 16.3. The van der Waals surface area contributed by atoms with Crippen LogP contribution in [0.1, 0.15) is 10.4 Å². The number of carbonyl (C=O) groups is 1. The summed E-state index contributed by atoms with van der Waals surface area (Å²) in [7, 11) is 3.22. The van der Waals surface area contributed by atoms with Crippen LogP contribution in [0.2, 0.25) is 5.02 Å². The van der Waals surface area contributed by atoms with Crippen molar-refractivity contribution >= 4 is 29.9 Å². The molecule has 0 bridgehead atoms. The predicted octanol–water partition coefficient (Wildman–Crippen LogP) is 1.86. The molecule has 1 aromatic heterocycles. The topological polar surface area (TPSA) is 90.7 Å². The molecule has 2 heterocycles. The minimum absolute atomic E-state index is 0.186. The van der Waals surface area contributed by atoms with Gasteiger partial charge in [-0.3, -0.25) is 9.80 Å². The fourth-order valence-corrected chi connectivity index (χ4v) is 2.19. The minimum atomic E-state index is -0.340. The van der Waals surface area contributed by atoms with Gasteiger partial charge >= 0.3 is 0 Å². The Bertz CT molecular complexity index is 712. The van der Waals surface area contributed by atoms with E-state index >= 15 is 0 Å². The van der Waals surface area contributed by atoms with Crippen LogP contribution in [-0.2, 0) is 0 Å². The van der Waals surface area contributed by atoms with E-state index < -0.39 is 0 Å². The van der Waals surface area contributed by atoms with Crippen molar-refractivity contribution < 1.29 is 9.53 Å². The highest BCUT2D eigenvalue weighted by atomic mass is 35.5. The smallest absolute Gasteiger partial charge is 0.253 e. The number of carbonyl (C=O) groups excluding carboxylic acids is 1.